The molecule has 0 saturated carbocycles. The van der Waals surface area contributed by atoms with Gasteiger partial charge in [0.2, 0.25) is 0 Å². The van der Waals surface area contributed by atoms with Gasteiger partial charge in [-0.1, -0.05) is 30.3 Å². The van der Waals surface area contributed by atoms with Crippen LogP contribution in [0.1, 0.15) is 17.4 Å². The van der Waals surface area contributed by atoms with Crippen molar-refractivity contribution in [1.82, 2.24) is 18.9 Å². The average Bonchev–Trinajstić information content (AvgIpc) is 3.40. The molecule has 1 aromatic carbocycles. The fourth-order valence-corrected chi connectivity index (χ4v) is 3.26. The fourth-order valence-electron chi connectivity index (χ4n) is 3.26. The van der Waals surface area contributed by atoms with Crippen LogP contribution in [-0.2, 0) is 18.3 Å². The molecular formula is C22H22N4O3. The number of methoxy groups -OCH3 is 1. The highest BCUT2D eigenvalue weighted by molar-refractivity contribution is 5.71. The van der Waals surface area contributed by atoms with E-state index in [4.69, 9.17) is 4.74 Å². The Bertz CT molecular complexity index is 1170. The second kappa shape index (κ2) is 7.90. The molecular weight excluding hydrogens is 368 g/mol. The van der Waals surface area contributed by atoms with Crippen molar-refractivity contribution >= 4 is 0 Å². The number of ether oxygens (including phenoxy) is 1. The zero-order valence-electron chi connectivity index (χ0n) is 16.3. The van der Waals surface area contributed by atoms with Gasteiger partial charge in [0.05, 0.1) is 18.4 Å². The minimum Gasteiger partial charge on any atom is -0.364 e. The first kappa shape index (κ1) is 18.9. The van der Waals surface area contributed by atoms with E-state index in [9.17, 15) is 9.90 Å². The zero-order valence-corrected chi connectivity index (χ0v) is 16.3. The van der Waals surface area contributed by atoms with Crippen LogP contribution < -0.4 is 5.56 Å². The molecule has 7 heteroatoms. The lowest BCUT2D eigenvalue weighted by Crippen LogP contribution is -2.17. The quantitative estimate of drug-likeness (QED) is 0.514. The van der Waals surface area contributed by atoms with Crippen molar-refractivity contribution in [3.8, 4) is 16.8 Å². The monoisotopic (exact) mass is 390 g/mol. The minimum atomic E-state index is -1.01. The number of rotatable bonds is 6. The van der Waals surface area contributed by atoms with Crippen molar-refractivity contribution in [2.45, 2.75) is 12.8 Å². The number of nitrogens with zero attached hydrogens (tertiary/aromatic N) is 4. The van der Waals surface area contributed by atoms with Gasteiger partial charge >= 0.3 is 0 Å². The molecule has 0 bridgehead atoms. The second-order valence-electron chi connectivity index (χ2n) is 6.87. The standard InChI is InChI=1S/C22H22N4O3/c1-24-15-19(18-11-23-26(14-18)12-16-6-4-3-5-7-16)20(10-21(24)27)25-9-8-17(13-25)22(28)29-2/h3-11,13-15,22,28H,12H2,1-2H3. The topological polar surface area (TPSA) is 74.2 Å². The molecule has 4 aromatic rings. The van der Waals surface area contributed by atoms with Crippen LogP contribution >= 0.6 is 0 Å². The smallest absolute Gasteiger partial charge is 0.252 e. The number of aliphatic hydroxyl groups excluding tert-OH is 1. The molecule has 0 amide bonds. The molecule has 3 aromatic heterocycles. The van der Waals surface area contributed by atoms with Crippen LogP contribution in [0, 0.1) is 0 Å². The van der Waals surface area contributed by atoms with E-state index in [0.29, 0.717) is 17.8 Å². The zero-order chi connectivity index (χ0) is 20.4. The molecule has 7 nitrogen and oxygen atoms in total. The third-order valence-corrected chi connectivity index (χ3v) is 4.84. The maximum Gasteiger partial charge on any atom is 0.252 e. The van der Waals surface area contributed by atoms with Crippen LogP contribution in [0.4, 0.5) is 0 Å². The van der Waals surface area contributed by atoms with Gasteiger partial charge < -0.3 is 19.0 Å². The third-order valence-electron chi connectivity index (χ3n) is 4.84. The van der Waals surface area contributed by atoms with E-state index in [0.717, 1.165) is 16.7 Å². The van der Waals surface area contributed by atoms with Gasteiger partial charge in [-0.3, -0.25) is 9.48 Å². The Morgan fingerprint density at radius 1 is 1.14 bits per heavy atom. The lowest BCUT2D eigenvalue weighted by Gasteiger charge is -2.11. The summed E-state index contributed by atoms with van der Waals surface area (Å²) in [7, 11) is 3.16. The molecule has 0 aliphatic rings. The van der Waals surface area contributed by atoms with Crippen molar-refractivity contribution in [2.75, 3.05) is 7.11 Å². The van der Waals surface area contributed by atoms with Crippen LogP contribution in [0.2, 0.25) is 0 Å². The molecule has 0 aliphatic carbocycles. The average molecular weight is 390 g/mol. The Balaban J connectivity index is 1.73. The molecule has 1 N–H and O–H groups in total. The van der Waals surface area contributed by atoms with Crippen LogP contribution in [0.3, 0.4) is 0 Å². The van der Waals surface area contributed by atoms with Crippen molar-refractivity contribution in [3.05, 3.63) is 94.9 Å². The summed E-state index contributed by atoms with van der Waals surface area (Å²) in [6.07, 6.45) is 8.09. The van der Waals surface area contributed by atoms with E-state index in [1.165, 1.54) is 7.11 Å². The molecule has 0 fully saturated rings. The van der Waals surface area contributed by atoms with Crippen LogP contribution in [0.5, 0.6) is 0 Å². The van der Waals surface area contributed by atoms with Gasteiger partial charge in [-0.05, 0) is 11.6 Å². The Labute approximate surface area is 168 Å². The van der Waals surface area contributed by atoms with Crippen molar-refractivity contribution < 1.29 is 9.84 Å². The molecule has 148 valence electrons. The Hall–Kier alpha value is -3.42. The van der Waals surface area contributed by atoms with Gasteiger partial charge in [-0.25, -0.2) is 0 Å². The SMILES string of the molecule is COC(O)c1ccn(-c2cc(=O)n(C)cc2-c2cnn(Cc3ccccc3)c2)c1. The van der Waals surface area contributed by atoms with Gasteiger partial charge in [0, 0.05) is 61.7 Å². The lowest BCUT2D eigenvalue weighted by molar-refractivity contribution is -0.0768. The number of hydrogen-bond donors (Lipinski definition) is 1. The number of hydrogen-bond acceptors (Lipinski definition) is 4. The molecule has 0 saturated heterocycles. The molecule has 0 aliphatic heterocycles. The predicted molar refractivity (Wildman–Crippen MR) is 110 cm³/mol. The fraction of sp³-hybridized carbons (Fsp3) is 0.182. The van der Waals surface area contributed by atoms with E-state index in [1.807, 2.05) is 33.6 Å². The normalized spacial score (nSPS) is 12.2. The van der Waals surface area contributed by atoms with Gasteiger partial charge in [0.1, 0.15) is 0 Å². The molecule has 4 rings (SSSR count). The Morgan fingerprint density at radius 3 is 2.69 bits per heavy atom. The lowest BCUT2D eigenvalue weighted by atomic mass is 10.1. The molecule has 1 atom stereocenters. The number of benzene rings is 1. The Kier molecular flexibility index (Phi) is 5.16. The third kappa shape index (κ3) is 3.91. The van der Waals surface area contributed by atoms with Gasteiger partial charge in [0.15, 0.2) is 6.29 Å². The first-order chi connectivity index (χ1) is 14.0. The Morgan fingerprint density at radius 2 is 1.93 bits per heavy atom. The number of aromatic nitrogens is 4. The maximum absolute atomic E-state index is 12.3. The summed E-state index contributed by atoms with van der Waals surface area (Å²) in [5, 5.41) is 14.4. The first-order valence-electron chi connectivity index (χ1n) is 9.21. The first-order valence-corrected chi connectivity index (χ1v) is 9.21. The summed E-state index contributed by atoms with van der Waals surface area (Å²) in [5.41, 5.74) is 4.12. The van der Waals surface area contributed by atoms with Crippen molar-refractivity contribution in [3.63, 3.8) is 0 Å². The van der Waals surface area contributed by atoms with E-state index in [1.54, 1.807) is 48.5 Å². The van der Waals surface area contributed by atoms with Crippen molar-refractivity contribution in [2.24, 2.45) is 7.05 Å². The molecule has 29 heavy (non-hydrogen) atoms. The van der Waals surface area contributed by atoms with E-state index < -0.39 is 6.29 Å². The summed E-state index contributed by atoms with van der Waals surface area (Å²) in [6.45, 7) is 0.662. The summed E-state index contributed by atoms with van der Waals surface area (Å²) < 4.78 is 10.2. The van der Waals surface area contributed by atoms with E-state index >= 15 is 0 Å². The minimum absolute atomic E-state index is 0.122. The number of aliphatic hydroxyl groups is 1. The van der Waals surface area contributed by atoms with Crippen LogP contribution in [0.25, 0.3) is 16.8 Å². The van der Waals surface area contributed by atoms with Gasteiger partial charge in [-0.15, -0.1) is 0 Å². The molecule has 1 unspecified atom stereocenters. The molecule has 0 spiro atoms. The number of pyridine rings is 1. The number of aryl methyl sites for hydroxylation is 1. The summed E-state index contributed by atoms with van der Waals surface area (Å²) >= 11 is 0. The summed E-state index contributed by atoms with van der Waals surface area (Å²) in [4.78, 5) is 12.3. The highest BCUT2D eigenvalue weighted by Crippen LogP contribution is 2.27. The van der Waals surface area contributed by atoms with Gasteiger partial charge in [-0.2, -0.15) is 5.10 Å². The van der Waals surface area contributed by atoms with Crippen LogP contribution in [0.15, 0.2) is 78.2 Å². The maximum atomic E-state index is 12.3. The summed E-state index contributed by atoms with van der Waals surface area (Å²) in [5.74, 6) is 0. The summed E-state index contributed by atoms with van der Waals surface area (Å²) in [6, 6.07) is 13.4. The van der Waals surface area contributed by atoms with E-state index in [-0.39, 0.29) is 5.56 Å². The van der Waals surface area contributed by atoms with Gasteiger partial charge in [0.25, 0.3) is 5.56 Å². The highest BCUT2D eigenvalue weighted by Gasteiger charge is 2.14. The second-order valence-corrected chi connectivity index (χ2v) is 6.87. The van der Waals surface area contributed by atoms with Crippen LogP contribution in [-0.4, -0.2) is 31.1 Å². The highest BCUT2D eigenvalue weighted by atomic mass is 16.6. The van der Waals surface area contributed by atoms with E-state index in [2.05, 4.69) is 17.2 Å². The molecule has 0 radical (unpaired) electrons. The predicted octanol–water partition coefficient (Wildman–Crippen LogP) is 2.73. The van der Waals surface area contributed by atoms with Crippen molar-refractivity contribution in [1.29, 1.82) is 0 Å². The largest absolute Gasteiger partial charge is 0.364 e. The molecule has 3 heterocycles.